The zero-order valence-corrected chi connectivity index (χ0v) is 8.90. The monoisotopic (exact) mass is 266 g/mol. The highest BCUT2D eigenvalue weighted by Gasteiger charge is 2.53. The fourth-order valence-electron chi connectivity index (χ4n) is 1.31. The lowest BCUT2D eigenvalue weighted by Gasteiger charge is -2.22. The Hall–Kier alpha value is -0.0900. The summed E-state index contributed by atoms with van der Waals surface area (Å²) in [7, 11) is -4.73. The molecule has 0 aromatic rings. The van der Waals surface area contributed by atoms with Gasteiger partial charge in [-0.2, -0.15) is 0 Å². The van der Waals surface area contributed by atoms with Gasteiger partial charge in [-0.15, -0.1) is 0 Å². The Kier molecular flexibility index (Phi) is 4.06. The molecular formula is C6H13O9P. The summed E-state index contributed by atoms with van der Waals surface area (Å²) in [5.41, 5.74) is 0. The summed E-state index contributed by atoms with van der Waals surface area (Å²) in [4.78, 5) is 16.8. The van der Waals surface area contributed by atoms with Crippen molar-refractivity contribution in [1.29, 1.82) is 0 Å². The molecule has 10 heteroatoms. The van der Waals surface area contributed by atoms with Crippen molar-refractivity contribution in [1.82, 2.24) is 0 Å². The fourth-order valence-corrected chi connectivity index (χ4v) is 1.65. The van der Waals surface area contributed by atoms with Gasteiger partial charge in [0, 0.05) is 0 Å². The zero-order valence-electron chi connectivity index (χ0n) is 8.00. The first-order valence-electron chi connectivity index (χ1n) is 4.27. The van der Waals surface area contributed by atoms with Crippen LogP contribution in [0.25, 0.3) is 0 Å². The minimum Gasteiger partial charge on any atom is -0.391 e. The van der Waals surface area contributed by atoms with Crippen LogP contribution in [0.15, 0.2) is 0 Å². The van der Waals surface area contributed by atoms with E-state index in [9.17, 15) is 19.9 Å². The molecule has 1 aliphatic rings. The van der Waals surface area contributed by atoms with Gasteiger partial charge in [-0.3, -0.25) is 4.52 Å². The first-order chi connectivity index (χ1) is 7.19. The maximum atomic E-state index is 10.4. The molecule has 0 spiro atoms. The van der Waals surface area contributed by atoms with Crippen LogP contribution in [-0.2, 0) is 13.8 Å². The average Bonchev–Trinajstić information content (AvgIpc) is 2.40. The predicted octanol–water partition coefficient (Wildman–Crippen LogP) is -3.10. The highest BCUT2D eigenvalue weighted by atomic mass is 31.2. The van der Waals surface area contributed by atoms with Gasteiger partial charge in [0.05, 0.1) is 13.2 Å². The van der Waals surface area contributed by atoms with E-state index in [4.69, 9.17) is 14.9 Å². The van der Waals surface area contributed by atoms with E-state index in [0.717, 1.165) is 0 Å². The second-order valence-electron chi connectivity index (χ2n) is 3.38. The van der Waals surface area contributed by atoms with Crippen molar-refractivity contribution < 1.29 is 44.0 Å². The second-order valence-corrected chi connectivity index (χ2v) is 4.62. The number of hydrogen-bond acceptors (Lipinski definition) is 7. The van der Waals surface area contributed by atoms with Crippen molar-refractivity contribution in [3.05, 3.63) is 0 Å². The Morgan fingerprint density at radius 1 is 1.38 bits per heavy atom. The van der Waals surface area contributed by atoms with Crippen LogP contribution in [0, 0.1) is 0 Å². The summed E-state index contributed by atoms with van der Waals surface area (Å²) in [5.74, 6) is -2.36. The first-order valence-corrected chi connectivity index (χ1v) is 5.80. The van der Waals surface area contributed by atoms with E-state index in [-0.39, 0.29) is 0 Å². The summed E-state index contributed by atoms with van der Waals surface area (Å²) in [6.45, 7) is -1.71. The molecule has 6 N–H and O–H groups in total. The van der Waals surface area contributed by atoms with Crippen LogP contribution in [0.4, 0.5) is 0 Å². The van der Waals surface area contributed by atoms with Crippen LogP contribution in [0.5, 0.6) is 0 Å². The van der Waals surface area contributed by atoms with Crippen LogP contribution < -0.4 is 0 Å². The Morgan fingerprint density at radius 3 is 2.31 bits per heavy atom. The molecule has 0 aliphatic carbocycles. The first kappa shape index (κ1) is 14.0. The Morgan fingerprint density at radius 2 is 1.94 bits per heavy atom. The topological polar surface area (TPSA) is 157 Å². The van der Waals surface area contributed by atoms with Gasteiger partial charge in [-0.1, -0.05) is 0 Å². The Labute approximate surface area is 90.1 Å². The number of ether oxygens (including phenoxy) is 1. The SMILES string of the molecule is O=P(O)(O)O[13CH2][13CH]1O[13C](O)([13CH2]O)[13CH](O)[13CH]1O. The largest absolute Gasteiger partial charge is 0.469 e. The van der Waals surface area contributed by atoms with Gasteiger partial charge in [0.2, 0.25) is 5.79 Å². The molecule has 1 rings (SSSR count). The van der Waals surface area contributed by atoms with E-state index in [1.165, 1.54) is 0 Å². The Balaban J connectivity index is 2.61. The lowest BCUT2D eigenvalue weighted by Crippen LogP contribution is -2.46. The molecule has 16 heavy (non-hydrogen) atoms. The summed E-state index contributed by atoms with van der Waals surface area (Å²) in [6, 6.07) is 0. The van der Waals surface area contributed by atoms with Crippen molar-refractivity contribution in [2.75, 3.05) is 13.2 Å². The van der Waals surface area contributed by atoms with Gasteiger partial charge in [0.1, 0.15) is 18.3 Å². The van der Waals surface area contributed by atoms with Gasteiger partial charge in [-0.05, 0) is 0 Å². The molecule has 4 unspecified atom stereocenters. The average molecular weight is 266 g/mol. The third kappa shape index (κ3) is 2.98. The second kappa shape index (κ2) is 4.65. The number of hydrogen-bond donors (Lipinski definition) is 6. The van der Waals surface area contributed by atoms with E-state index in [1.807, 2.05) is 0 Å². The standard InChI is InChI=1S/C6H13O9P/c7-2-6(10)5(9)4(8)3(15-6)1-14-16(11,12)13/h3-5,7-10H,1-2H2,(H2,11,12,13)/i1+1,2+1,3+1,4+1,5+1,6+1. The van der Waals surface area contributed by atoms with E-state index in [1.54, 1.807) is 0 Å². The molecule has 96 valence electrons. The highest BCUT2D eigenvalue weighted by Crippen LogP contribution is 2.38. The van der Waals surface area contributed by atoms with Crippen LogP contribution >= 0.6 is 7.82 Å². The van der Waals surface area contributed by atoms with Crippen molar-refractivity contribution in [3.63, 3.8) is 0 Å². The molecule has 0 aromatic heterocycles. The van der Waals surface area contributed by atoms with Gasteiger partial charge in [0.25, 0.3) is 0 Å². The highest BCUT2D eigenvalue weighted by molar-refractivity contribution is 7.46. The van der Waals surface area contributed by atoms with Crippen molar-refractivity contribution in [2.24, 2.45) is 0 Å². The maximum absolute atomic E-state index is 10.4. The maximum Gasteiger partial charge on any atom is 0.469 e. The minimum atomic E-state index is -4.73. The van der Waals surface area contributed by atoms with Crippen LogP contribution in [0.3, 0.4) is 0 Å². The molecule has 1 fully saturated rings. The molecule has 0 aromatic carbocycles. The molecular weight excluding hydrogens is 253 g/mol. The van der Waals surface area contributed by atoms with Gasteiger partial charge in [0.15, 0.2) is 0 Å². The number of aliphatic hydroxyl groups excluding tert-OH is 3. The summed E-state index contributed by atoms with van der Waals surface area (Å²) in [6.07, 6.45) is -4.76. The lowest BCUT2D eigenvalue weighted by atomic mass is 11.0. The van der Waals surface area contributed by atoms with E-state index in [2.05, 4.69) is 9.26 Å². The molecule has 0 bridgehead atoms. The van der Waals surface area contributed by atoms with Gasteiger partial charge in [-0.25, -0.2) is 4.57 Å². The van der Waals surface area contributed by atoms with E-state index < -0.39 is 45.1 Å². The molecule has 0 saturated carbocycles. The molecule has 4 atom stereocenters. The summed E-state index contributed by atoms with van der Waals surface area (Å²) >= 11 is 0. The van der Waals surface area contributed by atoms with Crippen molar-refractivity contribution in [3.8, 4) is 0 Å². The minimum absolute atomic E-state index is 0.731. The number of aliphatic hydroxyl groups is 4. The molecule has 1 saturated heterocycles. The molecule has 1 heterocycles. The summed E-state index contributed by atoms with van der Waals surface area (Å²) < 4.78 is 19.1. The van der Waals surface area contributed by atoms with E-state index >= 15 is 0 Å². The third-order valence-corrected chi connectivity index (χ3v) is 2.64. The van der Waals surface area contributed by atoms with Crippen LogP contribution in [-0.4, -0.2) is 67.5 Å². The normalized spacial score (nSPS) is 40.2. The van der Waals surface area contributed by atoms with Gasteiger partial charge < -0.3 is 34.9 Å². The zero-order chi connectivity index (χ0) is 12.6. The molecule has 0 radical (unpaired) electrons. The third-order valence-electron chi connectivity index (χ3n) is 2.16. The van der Waals surface area contributed by atoms with E-state index in [0.29, 0.717) is 0 Å². The number of phosphoric acid groups is 1. The van der Waals surface area contributed by atoms with Crippen molar-refractivity contribution in [2.45, 2.75) is 24.1 Å². The Bertz CT molecular complexity index is 290. The molecule has 1 aliphatic heterocycles. The van der Waals surface area contributed by atoms with Gasteiger partial charge >= 0.3 is 7.82 Å². The number of phosphoric ester groups is 1. The number of rotatable bonds is 4. The lowest BCUT2D eigenvalue weighted by molar-refractivity contribution is -0.247. The summed E-state index contributed by atoms with van der Waals surface area (Å²) in [5, 5.41) is 36.7. The van der Waals surface area contributed by atoms with Crippen LogP contribution in [0.1, 0.15) is 0 Å². The molecule has 9 nitrogen and oxygen atoms in total. The quantitative estimate of drug-likeness (QED) is 0.229. The van der Waals surface area contributed by atoms with Crippen molar-refractivity contribution >= 4 is 7.82 Å². The predicted molar refractivity (Wildman–Crippen MR) is 46.9 cm³/mol. The van der Waals surface area contributed by atoms with Crippen LogP contribution in [0.2, 0.25) is 0 Å². The smallest absolute Gasteiger partial charge is 0.391 e. The fraction of sp³-hybridized carbons (Fsp3) is 1.00. The molecule has 0 amide bonds.